The average Bonchev–Trinajstić information content (AvgIpc) is 2.57. The highest BCUT2D eigenvalue weighted by atomic mass is 15.1. The topological polar surface area (TPSA) is 49.8 Å². The van der Waals surface area contributed by atoms with E-state index in [4.69, 9.17) is 0 Å². The molecule has 0 aliphatic carbocycles. The molecule has 1 fully saturated rings. The molecule has 1 saturated heterocycles. The Morgan fingerprint density at radius 3 is 3.12 bits per heavy atom. The van der Waals surface area contributed by atoms with E-state index in [9.17, 15) is 0 Å². The van der Waals surface area contributed by atoms with Gasteiger partial charge in [0.2, 0.25) is 0 Å². The van der Waals surface area contributed by atoms with Gasteiger partial charge in [0.15, 0.2) is 0 Å². The Morgan fingerprint density at radius 1 is 1.41 bits per heavy atom. The molecular weight excluding hydrogens is 212 g/mol. The molecule has 0 aromatic carbocycles. The summed E-state index contributed by atoms with van der Waals surface area (Å²) in [7, 11) is 0. The normalized spacial score (nSPS) is 20.9. The number of rotatable bonds is 3. The van der Waals surface area contributed by atoms with Gasteiger partial charge in [0.1, 0.15) is 11.6 Å². The van der Waals surface area contributed by atoms with Crippen LogP contribution in [-0.2, 0) is 6.42 Å². The van der Waals surface area contributed by atoms with Gasteiger partial charge in [-0.3, -0.25) is 0 Å². The third-order valence-electron chi connectivity index (χ3n) is 3.15. The van der Waals surface area contributed by atoms with Gasteiger partial charge in [0, 0.05) is 24.3 Å². The van der Waals surface area contributed by atoms with Crippen LogP contribution in [0.15, 0.2) is 6.07 Å². The summed E-state index contributed by atoms with van der Waals surface area (Å²) in [4.78, 5) is 8.85. The maximum Gasteiger partial charge on any atom is 0.130 e. The van der Waals surface area contributed by atoms with Gasteiger partial charge >= 0.3 is 0 Å². The molecule has 1 atom stereocenters. The predicted octanol–water partition coefficient (Wildman–Crippen LogP) is 1.90. The summed E-state index contributed by atoms with van der Waals surface area (Å²) in [6.45, 7) is 6.25. The van der Waals surface area contributed by atoms with Gasteiger partial charge in [0.25, 0.3) is 0 Å². The van der Waals surface area contributed by atoms with Crippen molar-refractivity contribution in [3.05, 3.63) is 17.6 Å². The second-order valence-electron chi connectivity index (χ2n) is 4.69. The molecule has 2 heterocycles. The second-order valence-corrected chi connectivity index (χ2v) is 4.69. The van der Waals surface area contributed by atoms with Crippen molar-refractivity contribution in [1.29, 1.82) is 0 Å². The smallest absolute Gasteiger partial charge is 0.130 e. The third-order valence-corrected chi connectivity index (χ3v) is 3.15. The van der Waals surface area contributed by atoms with Crippen LogP contribution in [0, 0.1) is 6.92 Å². The zero-order valence-electron chi connectivity index (χ0n) is 10.8. The van der Waals surface area contributed by atoms with Crippen molar-refractivity contribution in [2.75, 3.05) is 18.4 Å². The largest absolute Gasteiger partial charge is 0.366 e. The van der Waals surface area contributed by atoms with Crippen LogP contribution in [0.5, 0.6) is 0 Å². The lowest BCUT2D eigenvalue weighted by molar-refractivity contribution is 0.633. The quantitative estimate of drug-likeness (QED) is 0.838. The monoisotopic (exact) mass is 234 g/mol. The molecule has 2 N–H and O–H groups in total. The van der Waals surface area contributed by atoms with Gasteiger partial charge in [-0.25, -0.2) is 9.97 Å². The van der Waals surface area contributed by atoms with E-state index in [-0.39, 0.29) is 0 Å². The van der Waals surface area contributed by atoms with Crippen LogP contribution in [0.1, 0.15) is 37.7 Å². The third kappa shape index (κ3) is 3.66. The number of nitrogens with one attached hydrogen (secondary N) is 2. The van der Waals surface area contributed by atoms with Crippen molar-refractivity contribution in [2.45, 2.75) is 45.6 Å². The van der Waals surface area contributed by atoms with Crippen LogP contribution in [-0.4, -0.2) is 29.1 Å². The van der Waals surface area contributed by atoms with Gasteiger partial charge in [-0.05, 0) is 32.7 Å². The molecule has 0 radical (unpaired) electrons. The predicted molar refractivity (Wildman–Crippen MR) is 70.3 cm³/mol. The number of anilines is 1. The van der Waals surface area contributed by atoms with Crippen LogP contribution in [0.2, 0.25) is 0 Å². The molecule has 94 valence electrons. The van der Waals surface area contributed by atoms with Crippen molar-refractivity contribution in [3.63, 3.8) is 0 Å². The fourth-order valence-corrected chi connectivity index (χ4v) is 2.24. The molecule has 1 unspecified atom stereocenters. The minimum absolute atomic E-state index is 0.497. The SMILES string of the molecule is CCc1cc(NC2CCCCNC2)nc(C)n1. The number of hydrogen-bond acceptors (Lipinski definition) is 4. The summed E-state index contributed by atoms with van der Waals surface area (Å²) in [6, 6.07) is 2.56. The fraction of sp³-hybridized carbons (Fsp3) is 0.692. The van der Waals surface area contributed by atoms with Crippen LogP contribution < -0.4 is 10.6 Å². The molecule has 0 spiro atoms. The van der Waals surface area contributed by atoms with Gasteiger partial charge in [-0.2, -0.15) is 0 Å². The molecule has 1 aromatic heterocycles. The Bertz CT molecular complexity index is 356. The Morgan fingerprint density at radius 2 is 2.29 bits per heavy atom. The maximum atomic E-state index is 4.46. The molecule has 1 aliphatic heterocycles. The van der Waals surface area contributed by atoms with Crippen molar-refractivity contribution < 1.29 is 0 Å². The standard InChI is InChI=1S/C13H22N4/c1-3-11-8-13(16-10(2)15-11)17-12-6-4-5-7-14-9-12/h8,12,14H,3-7,9H2,1-2H3,(H,15,16,17). The summed E-state index contributed by atoms with van der Waals surface area (Å²) < 4.78 is 0. The van der Waals surface area contributed by atoms with E-state index in [2.05, 4.69) is 33.6 Å². The van der Waals surface area contributed by atoms with Crippen LogP contribution in [0.25, 0.3) is 0 Å². The van der Waals surface area contributed by atoms with E-state index in [1.54, 1.807) is 0 Å². The van der Waals surface area contributed by atoms with E-state index in [1.165, 1.54) is 19.3 Å². The molecule has 17 heavy (non-hydrogen) atoms. The molecule has 4 heteroatoms. The van der Waals surface area contributed by atoms with Gasteiger partial charge in [-0.1, -0.05) is 13.3 Å². The minimum atomic E-state index is 0.497. The highest BCUT2D eigenvalue weighted by Gasteiger charge is 2.12. The van der Waals surface area contributed by atoms with Gasteiger partial charge < -0.3 is 10.6 Å². The van der Waals surface area contributed by atoms with E-state index >= 15 is 0 Å². The Labute approximate surface area is 103 Å². The first-order valence-corrected chi connectivity index (χ1v) is 6.59. The Kier molecular flexibility index (Phi) is 4.31. The molecule has 1 aromatic rings. The van der Waals surface area contributed by atoms with Gasteiger partial charge in [-0.15, -0.1) is 0 Å². The second kappa shape index (κ2) is 5.96. The summed E-state index contributed by atoms with van der Waals surface area (Å²) in [5.41, 5.74) is 1.11. The minimum Gasteiger partial charge on any atom is -0.366 e. The molecule has 0 saturated carbocycles. The van der Waals surface area contributed by atoms with Crippen LogP contribution >= 0.6 is 0 Å². The van der Waals surface area contributed by atoms with Crippen LogP contribution in [0.3, 0.4) is 0 Å². The Balaban J connectivity index is 2.03. The number of aromatic nitrogens is 2. The maximum absolute atomic E-state index is 4.46. The average molecular weight is 234 g/mol. The molecule has 0 bridgehead atoms. The van der Waals surface area contributed by atoms with E-state index < -0.39 is 0 Å². The van der Waals surface area contributed by atoms with Crippen molar-refractivity contribution in [1.82, 2.24) is 15.3 Å². The zero-order chi connectivity index (χ0) is 12.1. The summed E-state index contributed by atoms with van der Waals surface area (Å²) in [5, 5.41) is 6.98. The molecular formula is C13H22N4. The number of aryl methyl sites for hydroxylation is 2. The molecule has 1 aliphatic rings. The van der Waals surface area contributed by atoms with Crippen molar-refractivity contribution in [3.8, 4) is 0 Å². The molecule has 0 amide bonds. The first kappa shape index (κ1) is 12.3. The number of hydrogen-bond donors (Lipinski definition) is 2. The van der Waals surface area contributed by atoms with E-state index in [0.717, 1.165) is 36.8 Å². The Hall–Kier alpha value is -1.16. The lowest BCUT2D eigenvalue weighted by Crippen LogP contribution is -2.31. The van der Waals surface area contributed by atoms with E-state index in [0.29, 0.717) is 6.04 Å². The zero-order valence-corrected chi connectivity index (χ0v) is 10.8. The lowest BCUT2D eigenvalue weighted by atomic mass is 10.1. The first-order valence-electron chi connectivity index (χ1n) is 6.59. The molecule has 2 rings (SSSR count). The number of nitrogens with zero attached hydrogens (tertiary/aromatic N) is 2. The highest BCUT2D eigenvalue weighted by Crippen LogP contribution is 2.12. The molecule has 4 nitrogen and oxygen atoms in total. The first-order chi connectivity index (χ1) is 8.28. The van der Waals surface area contributed by atoms with Crippen LogP contribution in [0.4, 0.5) is 5.82 Å². The lowest BCUT2D eigenvalue weighted by Gasteiger charge is -2.17. The van der Waals surface area contributed by atoms with E-state index in [1.807, 2.05) is 6.92 Å². The summed E-state index contributed by atoms with van der Waals surface area (Å²) in [6.07, 6.45) is 4.75. The fourth-order valence-electron chi connectivity index (χ4n) is 2.24. The van der Waals surface area contributed by atoms with Crippen molar-refractivity contribution in [2.24, 2.45) is 0 Å². The summed E-state index contributed by atoms with van der Waals surface area (Å²) in [5.74, 6) is 1.83. The highest BCUT2D eigenvalue weighted by molar-refractivity contribution is 5.37. The van der Waals surface area contributed by atoms with Gasteiger partial charge in [0.05, 0.1) is 0 Å². The summed E-state index contributed by atoms with van der Waals surface area (Å²) >= 11 is 0. The van der Waals surface area contributed by atoms with Crippen molar-refractivity contribution >= 4 is 5.82 Å².